The minimum absolute atomic E-state index is 0.0215. The topological polar surface area (TPSA) is 88.6 Å². The molecule has 1 saturated carbocycles. The molecule has 3 aromatic carbocycles. The first-order chi connectivity index (χ1) is 26.8. The Balaban J connectivity index is 1.32. The highest BCUT2D eigenvalue weighted by Crippen LogP contribution is 2.46. The Morgan fingerprint density at radius 2 is 1.47 bits per heavy atom. The van der Waals surface area contributed by atoms with Gasteiger partial charge in [0.15, 0.2) is 11.6 Å². The Labute approximate surface area is 348 Å². The van der Waals surface area contributed by atoms with Crippen molar-refractivity contribution in [3.63, 3.8) is 0 Å². The molecule has 4 atom stereocenters. The molecule has 57 heavy (non-hydrogen) atoms. The lowest BCUT2D eigenvalue weighted by molar-refractivity contribution is -0.146. The molecule has 2 saturated heterocycles. The molecule has 3 aromatic rings. The number of nitrogens with zero attached hydrogens (tertiary/aromatic N) is 3. The molecule has 9 nitrogen and oxygen atoms in total. The predicted molar refractivity (Wildman–Crippen MR) is 216 cm³/mol. The van der Waals surface area contributed by atoms with Gasteiger partial charge in [-0.3, -0.25) is 9.69 Å². The van der Waals surface area contributed by atoms with Crippen LogP contribution in [0.4, 0.5) is 18.4 Å². The van der Waals surface area contributed by atoms with Crippen molar-refractivity contribution in [1.29, 1.82) is 0 Å². The largest absolute Gasteiger partial charge is 0.489 e. The number of halogens is 5. The molecule has 0 unspecified atom stereocenters. The SMILES string of the molecule is CC(C)(C)OC(=O)N1C[C@H]2C[C@@H](c3ccc(CCCOc4c(F)ccc(F)c4Cl)cc3)[C@@H](C(=O)N(Cc3cccc(Cl)c3Cl)C3CC3)[C@@H](C1)N2C(=O)OC(C)(C)C. The number of ether oxygens (including phenoxy) is 3. The van der Waals surface area contributed by atoms with Crippen LogP contribution in [0.3, 0.4) is 0 Å². The van der Waals surface area contributed by atoms with Crippen molar-refractivity contribution in [2.24, 2.45) is 5.92 Å². The molecule has 3 fully saturated rings. The fraction of sp³-hybridized carbons (Fsp3) is 0.512. The molecule has 1 aliphatic carbocycles. The Morgan fingerprint density at radius 3 is 2.12 bits per heavy atom. The predicted octanol–water partition coefficient (Wildman–Crippen LogP) is 10.5. The number of fused-ring (bicyclic) bond motifs is 2. The van der Waals surface area contributed by atoms with Crippen molar-refractivity contribution in [2.75, 3.05) is 19.7 Å². The Hall–Kier alpha value is -3.80. The van der Waals surface area contributed by atoms with Crippen LogP contribution in [0.15, 0.2) is 54.6 Å². The van der Waals surface area contributed by atoms with Gasteiger partial charge in [0, 0.05) is 25.7 Å². The molecule has 308 valence electrons. The lowest BCUT2D eigenvalue weighted by Crippen LogP contribution is -2.69. The van der Waals surface area contributed by atoms with Crippen molar-refractivity contribution in [3.8, 4) is 5.75 Å². The number of benzene rings is 3. The molecule has 14 heteroatoms. The molecular weight excluding hydrogens is 799 g/mol. The van der Waals surface area contributed by atoms with Crippen molar-refractivity contribution in [3.05, 3.63) is 98.0 Å². The highest BCUT2D eigenvalue weighted by atomic mass is 35.5. The normalized spacial score (nSPS) is 20.9. The number of rotatable bonds is 10. The number of carbonyl (C=O) groups excluding carboxylic acids is 3. The van der Waals surface area contributed by atoms with Gasteiger partial charge < -0.3 is 24.0 Å². The van der Waals surface area contributed by atoms with Crippen LogP contribution < -0.4 is 4.74 Å². The number of likely N-dealkylation sites (tertiary alicyclic amines) is 1. The van der Waals surface area contributed by atoms with Crippen LogP contribution in [0.1, 0.15) is 89.8 Å². The van der Waals surface area contributed by atoms with Crippen molar-refractivity contribution < 1.29 is 37.4 Å². The smallest absolute Gasteiger partial charge is 0.410 e. The first kappa shape index (κ1) is 42.8. The summed E-state index contributed by atoms with van der Waals surface area (Å²) >= 11 is 19.0. The van der Waals surface area contributed by atoms with E-state index in [4.69, 9.17) is 49.0 Å². The van der Waals surface area contributed by atoms with Gasteiger partial charge >= 0.3 is 12.2 Å². The van der Waals surface area contributed by atoms with Gasteiger partial charge in [-0.1, -0.05) is 71.2 Å². The number of piperidine rings is 1. The van der Waals surface area contributed by atoms with Gasteiger partial charge in [-0.25, -0.2) is 18.4 Å². The van der Waals surface area contributed by atoms with Gasteiger partial charge in [-0.15, -0.1) is 0 Å². The zero-order valence-corrected chi connectivity index (χ0v) is 35.4. The number of piperazine rings is 1. The minimum atomic E-state index is -0.797. The number of hydrogen-bond acceptors (Lipinski definition) is 6. The molecular formula is C43H50Cl3F2N3O6. The second-order valence-electron chi connectivity index (χ2n) is 17.1. The van der Waals surface area contributed by atoms with Crippen LogP contribution in [0.5, 0.6) is 5.75 Å². The Kier molecular flexibility index (Phi) is 12.9. The zero-order valence-electron chi connectivity index (χ0n) is 33.1. The van der Waals surface area contributed by atoms with E-state index < -0.39 is 58.0 Å². The summed E-state index contributed by atoms with van der Waals surface area (Å²) in [6.07, 6.45) is 2.08. The van der Waals surface area contributed by atoms with E-state index >= 15 is 4.79 Å². The van der Waals surface area contributed by atoms with Crippen LogP contribution in [0, 0.1) is 17.6 Å². The van der Waals surface area contributed by atoms with Gasteiger partial charge in [-0.2, -0.15) is 0 Å². The van der Waals surface area contributed by atoms with E-state index in [0.717, 1.165) is 36.1 Å². The standard InChI is InChI=1S/C43H50Cl3F2N3O6/c1-42(2,3)56-40(53)49-23-29-21-30(26-14-12-25(13-15-26)9-8-20-55-38-33(48)19-18-32(47)37(38)46)35(34(24-49)51(29)41(54)57-43(4,5)6)39(52)50(28-16-17-28)22-27-10-7-11-31(44)36(27)45/h7,10-15,18-19,28-30,34-35H,8-9,16-17,20-24H2,1-6H3/t29-,30+,34-,35-/m1/s1. The Morgan fingerprint density at radius 1 is 0.825 bits per heavy atom. The van der Waals surface area contributed by atoms with E-state index in [-0.39, 0.29) is 49.9 Å². The molecule has 0 N–H and O–H groups in total. The number of amides is 3. The quantitative estimate of drug-likeness (QED) is 0.149. The van der Waals surface area contributed by atoms with Gasteiger partial charge in [-0.05, 0) is 114 Å². The average Bonchev–Trinajstić information content (AvgIpc) is 3.97. The summed E-state index contributed by atoms with van der Waals surface area (Å²) < 4.78 is 45.3. The van der Waals surface area contributed by atoms with E-state index in [1.807, 2.05) is 35.2 Å². The number of hydrogen-bond donors (Lipinski definition) is 0. The zero-order chi connectivity index (χ0) is 41.4. The van der Waals surface area contributed by atoms with Gasteiger partial charge in [0.2, 0.25) is 5.91 Å². The molecule has 0 aromatic heterocycles. The van der Waals surface area contributed by atoms with Crippen LogP contribution in [-0.4, -0.2) is 81.8 Å². The summed E-state index contributed by atoms with van der Waals surface area (Å²) in [4.78, 5) is 48.2. The maximum atomic E-state index is 15.3. The summed E-state index contributed by atoms with van der Waals surface area (Å²) in [6, 6.07) is 14.1. The van der Waals surface area contributed by atoms with Crippen molar-refractivity contribution in [1.82, 2.24) is 14.7 Å². The van der Waals surface area contributed by atoms with Crippen molar-refractivity contribution >= 4 is 52.9 Å². The molecule has 0 spiro atoms. The molecule has 2 aliphatic heterocycles. The molecule has 2 heterocycles. The van der Waals surface area contributed by atoms with Crippen LogP contribution in [0.25, 0.3) is 0 Å². The first-order valence-corrected chi connectivity index (χ1v) is 20.5. The second-order valence-corrected chi connectivity index (χ2v) is 18.3. The van der Waals surface area contributed by atoms with E-state index in [2.05, 4.69) is 0 Å². The second kappa shape index (κ2) is 17.2. The van der Waals surface area contributed by atoms with Crippen LogP contribution >= 0.6 is 34.8 Å². The third-order valence-corrected chi connectivity index (χ3v) is 11.6. The summed E-state index contributed by atoms with van der Waals surface area (Å²) in [7, 11) is 0. The molecule has 3 aliphatic rings. The van der Waals surface area contributed by atoms with Crippen LogP contribution in [-0.2, 0) is 27.2 Å². The number of carbonyl (C=O) groups is 3. The lowest BCUT2D eigenvalue weighted by atomic mass is 9.70. The third-order valence-electron chi connectivity index (χ3n) is 10.4. The summed E-state index contributed by atoms with van der Waals surface area (Å²) in [6.45, 7) is 11.4. The average molecular weight is 849 g/mol. The molecule has 0 radical (unpaired) electrons. The van der Waals surface area contributed by atoms with Gasteiger partial charge in [0.25, 0.3) is 0 Å². The molecule has 2 bridgehead atoms. The molecule has 6 rings (SSSR count). The summed E-state index contributed by atoms with van der Waals surface area (Å²) in [5, 5.41) is 0.381. The summed E-state index contributed by atoms with van der Waals surface area (Å²) in [5.74, 6) is -3.03. The van der Waals surface area contributed by atoms with Gasteiger partial charge in [0.05, 0.1) is 34.7 Å². The minimum Gasteiger partial charge on any atom is -0.489 e. The first-order valence-electron chi connectivity index (χ1n) is 19.4. The maximum absolute atomic E-state index is 15.3. The fourth-order valence-corrected chi connectivity index (χ4v) is 8.37. The van der Waals surface area contributed by atoms with E-state index in [1.54, 1.807) is 63.5 Å². The van der Waals surface area contributed by atoms with Gasteiger partial charge in [0.1, 0.15) is 22.0 Å². The highest BCUT2D eigenvalue weighted by Gasteiger charge is 2.55. The van der Waals surface area contributed by atoms with E-state index in [1.165, 1.54) is 0 Å². The van der Waals surface area contributed by atoms with E-state index in [0.29, 0.717) is 34.9 Å². The maximum Gasteiger partial charge on any atom is 0.410 e. The lowest BCUT2D eigenvalue weighted by Gasteiger charge is -2.55. The molecule has 3 amide bonds. The Bertz CT molecular complexity index is 1970. The van der Waals surface area contributed by atoms with Crippen molar-refractivity contribution in [2.45, 2.75) is 115 Å². The van der Waals surface area contributed by atoms with E-state index in [9.17, 15) is 18.4 Å². The highest BCUT2D eigenvalue weighted by molar-refractivity contribution is 6.42. The summed E-state index contributed by atoms with van der Waals surface area (Å²) in [5.41, 5.74) is 1.07. The van der Waals surface area contributed by atoms with Crippen LogP contribution in [0.2, 0.25) is 15.1 Å². The third kappa shape index (κ3) is 10.3. The fourth-order valence-electron chi connectivity index (χ4n) is 7.78. The monoisotopic (exact) mass is 847 g/mol. The number of aryl methyl sites for hydroxylation is 1.